The predicted octanol–water partition coefficient (Wildman–Crippen LogP) is 2.98. The Labute approximate surface area is 86.1 Å². The van der Waals surface area contributed by atoms with Crippen molar-refractivity contribution in [1.29, 1.82) is 0 Å². The van der Waals surface area contributed by atoms with E-state index in [4.69, 9.17) is 4.74 Å². The fourth-order valence-electron chi connectivity index (χ4n) is 1.16. The number of benzene rings is 1. The summed E-state index contributed by atoms with van der Waals surface area (Å²) >= 11 is 0. The van der Waals surface area contributed by atoms with Gasteiger partial charge in [-0.1, -0.05) is 6.07 Å². The van der Waals surface area contributed by atoms with Crippen LogP contribution in [0.1, 0.15) is 5.56 Å². The molecular formula is C10H12F3NO. The van der Waals surface area contributed by atoms with E-state index in [2.05, 4.69) is 5.32 Å². The second-order valence-corrected chi connectivity index (χ2v) is 3.17. The highest BCUT2D eigenvalue weighted by atomic mass is 19.4. The molecule has 0 saturated carbocycles. The van der Waals surface area contributed by atoms with E-state index in [-0.39, 0.29) is 0 Å². The van der Waals surface area contributed by atoms with Crippen LogP contribution < -0.4 is 10.1 Å². The first kappa shape index (κ1) is 11.7. The molecular weight excluding hydrogens is 207 g/mol. The third kappa shape index (κ3) is 3.69. The Balaban J connectivity index is 2.79. The lowest BCUT2D eigenvalue weighted by atomic mass is 10.2. The van der Waals surface area contributed by atoms with Crippen LogP contribution in [0.4, 0.5) is 18.9 Å². The van der Waals surface area contributed by atoms with Crippen LogP contribution in [0.15, 0.2) is 18.2 Å². The molecule has 0 heterocycles. The van der Waals surface area contributed by atoms with Crippen LogP contribution in [0.2, 0.25) is 0 Å². The van der Waals surface area contributed by atoms with Crippen LogP contribution in [0, 0.1) is 6.92 Å². The molecule has 0 aliphatic rings. The Hall–Kier alpha value is -1.39. The minimum absolute atomic E-state index is 0.356. The molecule has 1 N–H and O–H groups in total. The molecule has 2 nitrogen and oxygen atoms in total. The molecule has 0 bridgehead atoms. The Kier molecular flexibility index (Phi) is 3.44. The van der Waals surface area contributed by atoms with Gasteiger partial charge in [-0.15, -0.1) is 0 Å². The smallest absolute Gasteiger partial charge is 0.405 e. The Morgan fingerprint density at radius 1 is 1.33 bits per heavy atom. The number of hydrogen-bond donors (Lipinski definition) is 1. The lowest BCUT2D eigenvalue weighted by Gasteiger charge is -2.13. The van der Waals surface area contributed by atoms with Crippen molar-refractivity contribution < 1.29 is 17.9 Å². The topological polar surface area (TPSA) is 21.3 Å². The van der Waals surface area contributed by atoms with Gasteiger partial charge in [0.2, 0.25) is 0 Å². The molecule has 0 unspecified atom stereocenters. The molecule has 0 radical (unpaired) electrons. The zero-order valence-electron chi connectivity index (χ0n) is 8.48. The highest BCUT2D eigenvalue weighted by molar-refractivity contribution is 5.58. The largest absolute Gasteiger partial charge is 0.495 e. The molecule has 5 heteroatoms. The van der Waals surface area contributed by atoms with Gasteiger partial charge in [0.25, 0.3) is 0 Å². The molecule has 0 spiro atoms. The second-order valence-electron chi connectivity index (χ2n) is 3.17. The van der Waals surface area contributed by atoms with E-state index in [0.717, 1.165) is 5.56 Å². The van der Waals surface area contributed by atoms with Crippen molar-refractivity contribution >= 4 is 5.69 Å². The summed E-state index contributed by atoms with van der Waals surface area (Å²) in [5, 5.41) is 2.29. The Bertz CT molecular complexity index is 336. The van der Waals surface area contributed by atoms with E-state index in [1.165, 1.54) is 7.11 Å². The van der Waals surface area contributed by atoms with Crippen molar-refractivity contribution in [3.05, 3.63) is 23.8 Å². The van der Waals surface area contributed by atoms with Gasteiger partial charge < -0.3 is 10.1 Å². The molecule has 84 valence electrons. The Morgan fingerprint density at radius 2 is 2.00 bits per heavy atom. The average Bonchev–Trinajstić information content (AvgIpc) is 2.14. The fraction of sp³-hybridized carbons (Fsp3) is 0.400. The van der Waals surface area contributed by atoms with Crippen molar-refractivity contribution in [2.45, 2.75) is 13.1 Å². The average molecular weight is 219 g/mol. The van der Waals surface area contributed by atoms with Crippen molar-refractivity contribution in [2.24, 2.45) is 0 Å². The van der Waals surface area contributed by atoms with E-state index in [1.54, 1.807) is 25.1 Å². The first-order valence-electron chi connectivity index (χ1n) is 4.37. The molecule has 0 atom stereocenters. The van der Waals surface area contributed by atoms with Crippen molar-refractivity contribution in [3.8, 4) is 5.75 Å². The number of rotatable bonds is 3. The van der Waals surface area contributed by atoms with Crippen LogP contribution in [-0.2, 0) is 0 Å². The van der Waals surface area contributed by atoms with E-state index in [9.17, 15) is 13.2 Å². The molecule has 1 rings (SSSR count). The zero-order chi connectivity index (χ0) is 11.5. The van der Waals surface area contributed by atoms with Crippen molar-refractivity contribution in [1.82, 2.24) is 0 Å². The molecule has 0 aliphatic carbocycles. The van der Waals surface area contributed by atoms with Crippen molar-refractivity contribution in [2.75, 3.05) is 19.0 Å². The summed E-state index contributed by atoms with van der Waals surface area (Å²) < 4.78 is 40.9. The lowest BCUT2D eigenvalue weighted by molar-refractivity contribution is -0.115. The monoisotopic (exact) mass is 219 g/mol. The van der Waals surface area contributed by atoms with Crippen LogP contribution in [0.3, 0.4) is 0 Å². The van der Waals surface area contributed by atoms with E-state index < -0.39 is 12.7 Å². The van der Waals surface area contributed by atoms with Gasteiger partial charge in [-0.25, -0.2) is 0 Å². The summed E-state index contributed by atoms with van der Waals surface area (Å²) in [7, 11) is 1.42. The molecule has 0 aliphatic heterocycles. The summed E-state index contributed by atoms with van der Waals surface area (Å²) in [5.74, 6) is 0.407. The molecule has 0 aromatic heterocycles. The van der Waals surface area contributed by atoms with Crippen molar-refractivity contribution in [3.63, 3.8) is 0 Å². The number of alkyl halides is 3. The fourth-order valence-corrected chi connectivity index (χ4v) is 1.16. The minimum atomic E-state index is -4.23. The van der Waals surface area contributed by atoms with E-state index in [1.807, 2.05) is 0 Å². The summed E-state index contributed by atoms with van der Waals surface area (Å²) in [6.45, 7) is 0.741. The normalized spacial score (nSPS) is 11.3. The number of ether oxygens (including phenoxy) is 1. The Morgan fingerprint density at radius 3 is 2.53 bits per heavy atom. The standard InChI is InChI=1S/C10H12F3NO/c1-7-3-4-9(15-2)8(5-7)14-6-10(11,12)13/h3-5,14H,6H2,1-2H3. The van der Waals surface area contributed by atoms with Gasteiger partial charge in [0, 0.05) is 0 Å². The number of anilines is 1. The third-order valence-electron chi connectivity index (χ3n) is 1.83. The van der Waals surface area contributed by atoms with E-state index in [0.29, 0.717) is 11.4 Å². The molecule has 0 saturated heterocycles. The minimum Gasteiger partial charge on any atom is -0.495 e. The quantitative estimate of drug-likeness (QED) is 0.843. The SMILES string of the molecule is COc1ccc(C)cc1NCC(F)(F)F. The maximum absolute atomic E-state index is 12.0. The lowest BCUT2D eigenvalue weighted by Crippen LogP contribution is -2.21. The number of nitrogens with one attached hydrogen (secondary N) is 1. The van der Waals surface area contributed by atoms with Gasteiger partial charge in [0.1, 0.15) is 12.3 Å². The van der Waals surface area contributed by atoms with Crippen LogP contribution >= 0.6 is 0 Å². The molecule has 1 aromatic rings. The molecule has 0 amide bonds. The van der Waals surface area contributed by atoms with Gasteiger partial charge in [-0.05, 0) is 24.6 Å². The summed E-state index contributed by atoms with van der Waals surface area (Å²) in [5.41, 5.74) is 1.23. The van der Waals surface area contributed by atoms with E-state index >= 15 is 0 Å². The van der Waals surface area contributed by atoms with Gasteiger partial charge in [-0.2, -0.15) is 13.2 Å². The van der Waals surface area contributed by atoms with Crippen LogP contribution in [0.5, 0.6) is 5.75 Å². The second kappa shape index (κ2) is 4.42. The highest BCUT2D eigenvalue weighted by Gasteiger charge is 2.27. The number of hydrogen-bond acceptors (Lipinski definition) is 2. The summed E-state index contributed by atoms with van der Waals surface area (Å²) in [4.78, 5) is 0. The number of halogens is 3. The first-order valence-corrected chi connectivity index (χ1v) is 4.37. The van der Waals surface area contributed by atoms with Gasteiger partial charge >= 0.3 is 6.18 Å². The summed E-state index contributed by atoms with van der Waals surface area (Å²) in [6, 6.07) is 5.02. The molecule has 0 fully saturated rings. The third-order valence-corrected chi connectivity index (χ3v) is 1.83. The maximum atomic E-state index is 12.0. The molecule has 15 heavy (non-hydrogen) atoms. The molecule has 1 aromatic carbocycles. The predicted molar refractivity (Wildman–Crippen MR) is 52.3 cm³/mol. The van der Waals surface area contributed by atoms with Gasteiger partial charge in [0.05, 0.1) is 12.8 Å². The first-order chi connectivity index (χ1) is 6.92. The van der Waals surface area contributed by atoms with Gasteiger partial charge in [0.15, 0.2) is 0 Å². The zero-order valence-corrected chi connectivity index (χ0v) is 8.48. The van der Waals surface area contributed by atoms with Crippen LogP contribution in [-0.4, -0.2) is 19.8 Å². The highest BCUT2D eigenvalue weighted by Crippen LogP contribution is 2.26. The maximum Gasteiger partial charge on any atom is 0.405 e. The summed E-state index contributed by atoms with van der Waals surface area (Å²) in [6.07, 6.45) is -4.23. The van der Waals surface area contributed by atoms with Gasteiger partial charge in [-0.3, -0.25) is 0 Å². The number of methoxy groups -OCH3 is 1. The van der Waals surface area contributed by atoms with Crippen LogP contribution in [0.25, 0.3) is 0 Å². The number of aryl methyl sites for hydroxylation is 1.